The summed E-state index contributed by atoms with van der Waals surface area (Å²) in [6, 6.07) is 11.3. The SMILES string of the molecule is CC(C)[C@@H](C(=O)Nc1ccccc1OCCN1CCCCC1)n1cccc1.Cl. The number of likely N-dealkylation sites (tertiary alicyclic amines) is 1. The van der Waals surface area contributed by atoms with Crippen molar-refractivity contribution in [2.45, 2.75) is 39.2 Å². The first-order valence-electron chi connectivity index (χ1n) is 10.0. The second-order valence-electron chi connectivity index (χ2n) is 7.56. The van der Waals surface area contributed by atoms with Crippen molar-refractivity contribution in [3.63, 3.8) is 0 Å². The maximum Gasteiger partial charge on any atom is 0.247 e. The molecule has 0 bridgehead atoms. The monoisotopic (exact) mass is 405 g/mol. The Morgan fingerprint density at radius 3 is 2.43 bits per heavy atom. The topological polar surface area (TPSA) is 46.5 Å². The largest absolute Gasteiger partial charge is 0.490 e. The molecule has 6 heteroatoms. The van der Waals surface area contributed by atoms with Gasteiger partial charge < -0.3 is 14.6 Å². The van der Waals surface area contributed by atoms with Crippen molar-refractivity contribution in [3.8, 4) is 5.75 Å². The summed E-state index contributed by atoms with van der Waals surface area (Å²) < 4.78 is 7.97. The summed E-state index contributed by atoms with van der Waals surface area (Å²) in [7, 11) is 0. The minimum Gasteiger partial charge on any atom is -0.490 e. The van der Waals surface area contributed by atoms with Gasteiger partial charge in [-0.2, -0.15) is 0 Å². The molecule has 0 unspecified atom stereocenters. The zero-order valence-corrected chi connectivity index (χ0v) is 17.7. The first-order chi connectivity index (χ1) is 13.1. The second-order valence-corrected chi connectivity index (χ2v) is 7.56. The van der Waals surface area contributed by atoms with Crippen molar-refractivity contribution < 1.29 is 9.53 Å². The van der Waals surface area contributed by atoms with Gasteiger partial charge in [0.25, 0.3) is 0 Å². The van der Waals surface area contributed by atoms with E-state index in [2.05, 4.69) is 24.1 Å². The van der Waals surface area contributed by atoms with Gasteiger partial charge in [0, 0.05) is 18.9 Å². The van der Waals surface area contributed by atoms with Gasteiger partial charge in [0.2, 0.25) is 5.91 Å². The predicted molar refractivity (Wildman–Crippen MR) is 116 cm³/mol. The van der Waals surface area contributed by atoms with E-state index in [0.29, 0.717) is 6.61 Å². The van der Waals surface area contributed by atoms with Gasteiger partial charge in [-0.15, -0.1) is 12.4 Å². The van der Waals surface area contributed by atoms with Crippen molar-refractivity contribution in [2.24, 2.45) is 5.92 Å². The molecule has 1 saturated heterocycles. The van der Waals surface area contributed by atoms with Crippen LogP contribution in [0.15, 0.2) is 48.8 Å². The number of benzene rings is 1. The molecule has 1 N–H and O–H groups in total. The average molecular weight is 406 g/mol. The van der Waals surface area contributed by atoms with Crippen LogP contribution in [0.5, 0.6) is 5.75 Å². The molecular weight excluding hydrogens is 374 g/mol. The molecule has 1 aromatic heterocycles. The highest BCUT2D eigenvalue weighted by molar-refractivity contribution is 5.95. The molecule has 0 aliphatic carbocycles. The molecule has 1 atom stereocenters. The molecule has 0 saturated carbocycles. The van der Waals surface area contributed by atoms with Gasteiger partial charge in [-0.3, -0.25) is 9.69 Å². The van der Waals surface area contributed by atoms with Gasteiger partial charge in [-0.25, -0.2) is 0 Å². The number of piperidine rings is 1. The zero-order valence-electron chi connectivity index (χ0n) is 16.8. The van der Waals surface area contributed by atoms with Gasteiger partial charge in [0.1, 0.15) is 18.4 Å². The number of para-hydroxylation sites is 2. The van der Waals surface area contributed by atoms with E-state index in [1.54, 1.807) is 0 Å². The summed E-state index contributed by atoms with van der Waals surface area (Å²) in [5.74, 6) is 0.899. The Balaban J connectivity index is 0.00000280. The number of nitrogens with zero attached hydrogens (tertiary/aromatic N) is 2. The Morgan fingerprint density at radius 1 is 1.07 bits per heavy atom. The lowest BCUT2D eigenvalue weighted by atomic mass is 10.0. The summed E-state index contributed by atoms with van der Waals surface area (Å²) in [5.41, 5.74) is 0.735. The molecule has 1 fully saturated rings. The number of nitrogens with one attached hydrogen (secondary N) is 1. The number of halogens is 1. The minimum atomic E-state index is -0.249. The molecule has 154 valence electrons. The lowest BCUT2D eigenvalue weighted by Gasteiger charge is -2.26. The van der Waals surface area contributed by atoms with E-state index in [1.165, 1.54) is 19.3 Å². The van der Waals surface area contributed by atoms with E-state index in [-0.39, 0.29) is 30.3 Å². The molecule has 1 aliphatic rings. The van der Waals surface area contributed by atoms with Crippen molar-refractivity contribution >= 4 is 24.0 Å². The minimum absolute atomic E-state index is 0. The zero-order chi connectivity index (χ0) is 19.1. The van der Waals surface area contributed by atoms with Gasteiger partial charge >= 0.3 is 0 Å². The number of hydrogen-bond acceptors (Lipinski definition) is 3. The molecule has 1 amide bonds. The quantitative estimate of drug-likeness (QED) is 0.697. The molecule has 2 heterocycles. The molecule has 2 aromatic rings. The van der Waals surface area contributed by atoms with Crippen LogP contribution < -0.4 is 10.1 Å². The number of rotatable bonds is 8. The van der Waals surface area contributed by atoms with Crippen molar-refractivity contribution in [3.05, 3.63) is 48.8 Å². The number of aromatic nitrogens is 1. The summed E-state index contributed by atoms with van der Waals surface area (Å²) in [6.07, 6.45) is 7.77. The number of carbonyl (C=O) groups excluding carboxylic acids is 1. The molecule has 3 rings (SSSR count). The first kappa shape index (κ1) is 22.3. The summed E-state index contributed by atoms with van der Waals surface area (Å²) in [5, 5.41) is 3.07. The first-order valence-corrected chi connectivity index (χ1v) is 10.0. The Hall–Kier alpha value is -1.98. The predicted octanol–water partition coefficient (Wildman–Crippen LogP) is 4.61. The molecule has 28 heavy (non-hydrogen) atoms. The van der Waals surface area contributed by atoms with Gasteiger partial charge in [0.05, 0.1) is 5.69 Å². The van der Waals surface area contributed by atoms with Gasteiger partial charge in [-0.1, -0.05) is 32.4 Å². The van der Waals surface area contributed by atoms with Crippen LogP contribution in [-0.4, -0.2) is 41.6 Å². The highest BCUT2D eigenvalue weighted by atomic mass is 35.5. The van der Waals surface area contributed by atoms with Crippen LogP contribution >= 0.6 is 12.4 Å². The molecule has 1 aliphatic heterocycles. The fourth-order valence-corrected chi connectivity index (χ4v) is 3.69. The highest BCUT2D eigenvalue weighted by Crippen LogP contribution is 2.27. The Kier molecular flexibility index (Phi) is 8.87. The van der Waals surface area contributed by atoms with Crippen LogP contribution in [0.4, 0.5) is 5.69 Å². The number of carbonyl (C=O) groups is 1. The molecule has 0 radical (unpaired) electrons. The second kappa shape index (κ2) is 11.1. The Bertz CT molecular complexity index is 712. The highest BCUT2D eigenvalue weighted by Gasteiger charge is 2.24. The summed E-state index contributed by atoms with van der Waals surface area (Å²) in [6.45, 7) is 8.01. The smallest absolute Gasteiger partial charge is 0.247 e. The summed E-state index contributed by atoms with van der Waals surface area (Å²) >= 11 is 0. The van der Waals surface area contributed by atoms with Crippen molar-refractivity contribution in [2.75, 3.05) is 31.6 Å². The molecule has 1 aromatic carbocycles. The van der Waals surface area contributed by atoms with Gasteiger partial charge in [-0.05, 0) is 56.1 Å². The van der Waals surface area contributed by atoms with Crippen LogP contribution in [0.1, 0.15) is 39.2 Å². The average Bonchev–Trinajstić information content (AvgIpc) is 3.18. The summed E-state index contributed by atoms with van der Waals surface area (Å²) in [4.78, 5) is 15.4. The molecular formula is C22H32ClN3O2. The van der Waals surface area contributed by atoms with Crippen LogP contribution in [0.25, 0.3) is 0 Å². The lowest BCUT2D eigenvalue weighted by molar-refractivity contribution is -0.120. The fraction of sp³-hybridized carbons (Fsp3) is 0.500. The maximum absolute atomic E-state index is 12.9. The number of ether oxygens (including phenoxy) is 1. The third-order valence-corrected chi connectivity index (χ3v) is 5.11. The molecule has 0 spiro atoms. The number of anilines is 1. The number of amides is 1. The Morgan fingerprint density at radius 2 is 1.75 bits per heavy atom. The van der Waals surface area contributed by atoms with Crippen LogP contribution in [0.2, 0.25) is 0 Å². The van der Waals surface area contributed by atoms with Crippen molar-refractivity contribution in [1.29, 1.82) is 0 Å². The maximum atomic E-state index is 12.9. The van der Waals surface area contributed by atoms with E-state index in [4.69, 9.17) is 4.74 Å². The lowest BCUT2D eigenvalue weighted by Crippen LogP contribution is -2.33. The third kappa shape index (κ3) is 6.01. The van der Waals surface area contributed by atoms with E-state index < -0.39 is 0 Å². The van der Waals surface area contributed by atoms with E-state index in [0.717, 1.165) is 31.1 Å². The van der Waals surface area contributed by atoms with Crippen LogP contribution in [0.3, 0.4) is 0 Å². The van der Waals surface area contributed by atoms with E-state index in [1.807, 2.05) is 53.4 Å². The standard InChI is InChI=1S/C22H31N3O2.ClH/c1-18(2)21(25-14-8-9-15-25)22(26)23-19-10-4-5-11-20(19)27-17-16-24-12-6-3-7-13-24;/h4-5,8-11,14-15,18,21H,3,6-7,12-13,16-17H2,1-2H3,(H,23,26);1H/t21-;/m0./s1. The molecule has 5 nitrogen and oxygen atoms in total. The Labute approximate surface area is 174 Å². The van der Waals surface area contributed by atoms with Crippen LogP contribution in [-0.2, 0) is 4.79 Å². The van der Waals surface area contributed by atoms with E-state index >= 15 is 0 Å². The van der Waals surface area contributed by atoms with E-state index in [9.17, 15) is 4.79 Å². The van der Waals surface area contributed by atoms with Crippen LogP contribution in [0, 0.1) is 5.92 Å². The fourth-order valence-electron chi connectivity index (χ4n) is 3.69. The van der Waals surface area contributed by atoms with Crippen molar-refractivity contribution in [1.82, 2.24) is 9.47 Å². The van der Waals surface area contributed by atoms with Gasteiger partial charge in [0.15, 0.2) is 0 Å². The normalized spacial score (nSPS) is 15.7. The third-order valence-electron chi connectivity index (χ3n) is 5.11. The number of hydrogen-bond donors (Lipinski definition) is 1.